The molecule has 0 spiro atoms. The minimum Gasteiger partial charge on any atom is -0.445 e. The van der Waals surface area contributed by atoms with E-state index in [9.17, 15) is 29.1 Å². The van der Waals surface area contributed by atoms with Crippen LogP contribution in [0.1, 0.15) is 55.8 Å². The van der Waals surface area contributed by atoms with Crippen molar-refractivity contribution in [2.24, 2.45) is 0 Å². The van der Waals surface area contributed by atoms with E-state index < -0.39 is 30.4 Å². The van der Waals surface area contributed by atoms with Gasteiger partial charge in [-0.2, -0.15) is 0 Å². The SMILES string of the molecule is Cc1c(Br)cccc1C(=O)N[C@H]1CN(C(=O)OCc2ccccc2)CCC1=O.Cc1c(Br)cccc1C(=O)N[C@H]1CN(C(=O)OCc2ccccc2)CC[C@@H]1O. The number of hydrogen-bond acceptors (Lipinski definition) is 8. The second-order valence-electron chi connectivity index (χ2n) is 13.5. The molecule has 56 heavy (non-hydrogen) atoms. The van der Waals surface area contributed by atoms with Crippen molar-refractivity contribution in [1.29, 1.82) is 0 Å². The van der Waals surface area contributed by atoms with Gasteiger partial charge in [-0.25, -0.2) is 9.59 Å². The number of hydrogen-bond donors (Lipinski definition) is 3. The number of nitrogens with one attached hydrogen (secondary N) is 2. The molecule has 0 saturated carbocycles. The van der Waals surface area contributed by atoms with Gasteiger partial charge in [0.1, 0.15) is 19.3 Å². The number of ketones is 1. The third-order valence-electron chi connectivity index (χ3n) is 9.57. The van der Waals surface area contributed by atoms with E-state index in [1.165, 1.54) is 9.80 Å². The Morgan fingerprint density at radius 3 is 1.68 bits per heavy atom. The maximum atomic E-state index is 12.6. The minimum atomic E-state index is -0.746. The van der Waals surface area contributed by atoms with Crippen LogP contribution in [0.3, 0.4) is 0 Å². The topological polar surface area (TPSA) is 155 Å². The maximum Gasteiger partial charge on any atom is 0.410 e. The standard InChI is InChI=1S/C21H23BrN2O4.C21H21BrN2O4/c2*1-14-16(8-5-9-17(14)22)20(26)23-18-12-24(11-10-19(18)25)21(27)28-13-15-6-3-2-4-7-15/h2-9,18-19,25H,10-13H2,1H3,(H,23,26);2-9,18H,10-13H2,1H3,(H,23,26)/t18-,19-;18-/m00/s1. The molecule has 4 aromatic rings. The number of benzene rings is 4. The summed E-state index contributed by atoms with van der Waals surface area (Å²) < 4.78 is 12.4. The van der Waals surface area contributed by atoms with Gasteiger partial charge in [-0.15, -0.1) is 0 Å². The number of carbonyl (C=O) groups is 5. The molecular formula is C42H44Br2N4O8. The van der Waals surface area contributed by atoms with E-state index in [1.54, 1.807) is 24.3 Å². The van der Waals surface area contributed by atoms with E-state index in [1.807, 2.05) is 86.6 Å². The van der Waals surface area contributed by atoms with Gasteiger partial charge >= 0.3 is 12.2 Å². The van der Waals surface area contributed by atoms with Crippen molar-refractivity contribution < 1.29 is 38.6 Å². The van der Waals surface area contributed by atoms with E-state index >= 15 is 0 Å². The summed E-state index contributed by atoms with van der Waals surface area (Å²) in [6, 6.07) is 28.2. The second kappa shape index (κ2) is 20.2. The van der Waals surface area contributed by atoms with Gasteiger partial charge in [0.05, 0.1) is 18.7 Å². The molecule has 4 amide bonds. The third kappa shape index (κ3) is 11.5. The van der Waals surface area contributed by atoms with Crippen LogP contribution in [0.4, 0.5) is 9.59 Å². The van der Waals surface area contributed by atoms with Crippen LogP contribution >= 0.6 is 31.9 Å². The Morgan fingerprint density at radius 2 is 1.16 bits per heavy atom. The van der Waals surface area contributed by atoms with Crippen LogP contribution in [-0.2, 0) is 27.5 Å². The lowest BCUT2D eigenvalue weighted by Gasteiger charge is -2.36. The lowest BCUT2D eigenvalue weighted by molar-refractivity contribution is -0.123. The molecule has 3 N–H and O–H groups in total. The van der Waals surface area contributed by atoms with E-state index in [0.717, 1.165) is 31.2 Å². The molecule has 0 bridgehead atoms. The molecule has 3 atom stereocenters. The zero-order valence-corrected chi connectivity index (χ0v) is 34.3. The maximum absolute atomic E-state index is 12.6. The fourth-order valence-corrected chi connectivity index (χ4v) is 6.91. The van der Waals surface area contributed by atoms with Crippen molar-refractivity contribution in [2.75, 3.05) is 26.2 Å². The predicted octanol–water partition coefficient (Wildman–Crippen LogP) is 6.73. The molecule has 0 aliphatic carbocycles. The first-order chi connectivity index (χ1) is 26.9. The molecule has 14 heteroatoms. The molecular weight excluding hydrogens is 848 g/mol. The molecule has 294 valence electrons. The fraction of sp³-hybridized carbons (Fsp3) is 0.310. The summed E-state index contributed by atoms with van der Waals surface area (Å²) in [5, 5.41) is 15.9. The number of ether oxygens (including phenoxy) is 2. The van der Waals surface area contributed by atoms with Gasteiger partial charge in [0, 0.05) is 46.1 Å². The first-order valence-electron chi connectivity index (χ1n) is 18.1. The number of halogens is 2. The zero-order chi connectivity index (χ0) is 40.2. The molecule has 2 fully saturated rings. The summed E-state index contributed by atoms with van der Waals surface area (Å²) in [6.07, 6.45) is -1.09. The van der Waals surface area contributed by atoms with Crippen LogP contribution in [0.15, 0.2) is 106 Å². The Bertz CT molecular complexity index is 2020. The van der Waals surface area contributed by atoms with Crippen LogP contribution in [0, 0.1) is 13.8 Å². The van der Waals surface area contributed by atoms with E-state index in [2.05, 4.69) is 42.5 Å². The average molecular weight is 893 g/mol. The van der Waals surface area contributed by atoms with E-state index in [0.29, 0.717) is 24.1 Å². The molecule has 4 aromatic carbocycles. The molecule has 6 rings (SSSR count). The normalized spacial score (nSPS) is 17.9. The highest BCUT2D eigenvalue weighted by molar-refractivity contribution is 9.10. The zero-order valence-electron chi connectivity index (χ0n) is 31.1. The van der Waals surface area contributed by atoms with Crippen LogP contribution in [0.2, 0.25) is 0 Å². The van der Waals surface area contributed by atoms with Crippen molar-refractivity contribution in [2.45, 2.75) is 58.1 Å². The first kappa shape index (κ1) is 42.1. The number of Topliss-reactive ketones (excluding diaryl/α,β-unsaturated/α-hetero) is 1. The predicted molar refractivity (Wildman–Crippen MR) is 217 cm³/mol. The lowest BCUT2D eigenvalue weighted by Crippen LogP contribution is -2.56. The lowest BCUT2D eigenvalue weighted by atomic mass is 10.0. The Morgan fingerprint density at radius 1 is 0.679 bits per heavy atom. The van der Waals surface area contributed by atoms with Gasteiger partial charge in [0.15, 0.2) is 5.78 Å². The molecule has 2 saturated heterocycles. The number of piperidine rings is 2. The Labute approximate surface area is 342 Å². The number of nitrogens with zero attached hydrogens (tertiary/aromatic N) is 2. The Kier molecular flexibility index (Phi) is 15.2. The summed E-state index contributed by atoms with van der Waals surface area (Å²) >= 11 is 6.82. The van der Waals surface area contributed by atoms with Gasteiger partial charge in [0.25, 0.3) is 11.8 Å². The fourth-order valence-electron chi connectivity index (χ4n) is 6.18. The van der Waals surface area contributed by atoms with Crippen LogP contribution in [0.5, 0.6) is 0 Å². The molecule has 12 nitrogen and oxygen atoms in total. The van der Waals surface area contributed by atoms with Gasteiger partial charge in [0.2, 0.25) is 0 Å². The number of rotatable bonds is 8. The molecule has 0 aromatic heterocycles. The van der Waals surface area contributed by atoms with Gasteiger partial charge in [-0.05, 0) is 66.8 Å². The number of amides is 4. The van der Waals surface area contributed by atoms with Gasteiger partial charge < -0.3 is 35.0 Å². The van der Waals surface area contributed by atoms with E-state index in [4.69, 9.17) is 9.47 Å². The average Bonchev–Trinajstić information content (AvgIpc) is 3.20. The van der Waals surface area contributed by atoms with Crippen LogP contribution in [-0.4, -0.2) is 89.1 Å². The minimum absolute atomic E-state index is 0.0897. The summed E-state index contributed by atoms with van der Waals surface area (Å²) in [7, 11) is 0. The van der Waals surface area contributed by atoms with Crippen molar-refractivity contribution >= 4 is 61.6 Å². The van der Waals surface area contributed by atoms with Gasteiger partial charge in [-0.3, -0.25) is 14.4 Å². The van der Waals surface area contributed by atoms with Crippen molar-refractivity contribution in [3.8, 4) is 0 Å². The summed E-state index contributed by atoms with van der Waals surface area (Å²) in [5.41, 5.74) is 4.44. The van der Waals surface area contributed by atoms with Crippen molar-refractivity contribution in [3.63, 3.8) is 0 Å². The number of likely N-dealkylation sites (tertiary alicyclic amines) is 2. The van der Waals surface area contributed by atoms with E-state index in [-0.39, 0.29) is 56.9 Å². The van der Waals surface area contributed by atoms with Crippen molar-refractivity contribution in [1.82, 2.24) is 20.4 Å². The van der Waals surface area contributed by atoms with Crippen LogP contribution in [0.25, 0.3) is 0 Å². The smallest absolute Gasteiger partial charge is 0.410 e. The molecule has 2 heterocycles. The number of carbonyl (C=O) groups excluding carboxylic acids is 5. The molecule has 0 unspecified atom stereocenters. The Hall–Kier alpha value is -5.05. The highest BCUT2D eigenvalue weighted by atomic mass is 79.9. The molecule has 2 aliphatic heterocycles. The highest BCUT2D eigenvalue weighted by Crippen LogP contribution is 2.22. The monoisotopic (exact) mass is 890 g/mol. The Balaban J connectivity index is 0.000000214. The second-order valence-corrected chi connectivity index (χ2v) is 15.2. The first-order valence-corrected chi connectivity index (χ1v) is 19.7. The number of aliphatic hydroxyl groups excluding tert-OH is 1. The summed E-state index contributed by atoms with van der Waals surface area (Å²) in [6.45, 7) is 5.01. The summed E-state index contributed by atoms with van der Waals surface area (Å²) in [4.78, 5) is 65.2. The summed E-state index contributed by atoms with van der Waals surface area (Å²) in [5.74, 6) is -0.702. The van der Waals surface area contributed by atoms with Crippen molar-refractivity contribution in [3.05, 3.63) is 139 Å². The molecule has 0 radical (unpaired) electrons. The largest absolute Gasteiger partial charge is 0.445 e. The number of aliphatic hydroxyl groups is 1. The third-order valence-corrected chi connectivity index (χ3v) is 11.3. The van der Waals surface area contributed by atoms with Crippen LogP contribution < -0.4 is 10.6 Å². The van der Waals surface area contributed by atoms with Gasteiger partial charge in [-0.1, -0.05) is 105 Å². The highest BCUT2D eigenvalue weighted by Gasteiger charge is 2.34. The molecule has 2 aliphatic rings. The quantitative estimate of drug-likeness (QED) is 0.176.